The van der Waals surface area contributed by atoms with E-state index in [1.165, 1.54) is 0 Å². The molecule has 2 rings (SSSR count). The van der Waals surface area contributed by atoms with Crippen molar-refractivity contribution in [3.8, 4) is 0 Å². The van der Waals surface area contributed by atoms with Crippen molar-refractivity contribution in [2.75, 3.05) is 13.2 Å². The highest BCUT2D eigenvalue weighted by Crippen LogP contribution is 2.44. The first-order valence-corrected chi connectivity index (χ1v) is 7.30. The van der Waals surface area contributed by atoms with Crippen LogP contribution in [0.5, 0.6) is 0 Å². The summed E-state index contributed by atoms with van der Waals surface area (Å²) < 4.78 is 16.0. The Morgan fingerprint density at radius 1 is 1.35 bits per heavy atom. The molecule has 0 aromatic carbocycles. The van der Waals surface area contributed by atoms with E-state index in [1.54, 1.807) is 6.92 Å². The number of carbonyl (C=O) groups excluding carboxylic acids is 1. The second-order valence-electron chi connectivity index (χ2n) is 4.97. The molecule has 1 atom stereocenters. The molecular formula is C14H22N2O4. The molecule has 20 heavy (non-hydrogen) atoms. The van der Waals surface area contributed by atoms with Crippen LogP contribution in [0, 0.1) is 0 Å². The Morgan fingerprint density at radius 2 is 2.10 bits per heavy atom. The molecule has 112 valence electrons. The molecule has 0 bridgehead atoms. The summed E-state index contributed by atoms with van der Waals surface area (Å²) in [5.41, 5.74) is -0.730. The zero-order valence-corrected chi connectivity index (χ0v) is 12.3. The fourth-order valence-corrected chi connectivity index (χ4v) is 2.44. The second-order valence-corrected chi connectivity index (χ2v) is 4.97. The maximum Gasteiger partial charge on any atom is 0.321 e. The predicted molar refractivity (Wildman–Crippen MR) is 71.1 cm³/mol. The minimum atomic E-state index is -0.730. The third kappa shape index (κ3) is 2.57. The monoisotopic (exact) mass is 282 g/mol. The first kappa shape index (κ1) is 15.0. The molecule has 1 aliphatic rings. The lowest BCUT2D eigenvalue weighted by Crippen LogP contribution is -2.44. The van der Waals surface area contributed by atoms with Crippen LogP contribution in [-0.4, -0.2) is 29.3 Å². The molecule has 1 saturated carbocycles. The number of rotatable bonds is 7. The number of nitrogens with zero attached hydrogens (tertiary/aromatic N) is 2. The average molecular weight is 282 g/mol. The van der Waals surface area contributed by atoms with E-state index in [4.69, 9.17) is 14.0 Å². The summed E-state index contributed by atoms with van der Waals surface area (Å²) in [6, 6.07) is 0. The van der Waals surface area contributed by atoms with Crippen LogP contribution in [0.2, 0.25) is 0 Å². The highest BCUT2D eigenvalue weighted by Gasteiger charge is 2.52. The van der Waals surface area contributed by atoms with Crippen molar-refractivity contribution < 1.29 is 18.8 Å². The van der Waals surface area contributed by atoms with E-state index >= 15 is 0 Å². The van der Waals surface area contributed by atoms with Crippen LogP contribution in [0.1, 0.15) is 64.3 Å². The topological polar surface area (TPSA) is 74.5 Å². The van der Waals surface area contributed by atoms with E-state index in [9.17, 15) is 4.79 Å². The predicted octanol–water partition coefficient (Wildman–Crippen LogP) is 2.54. The van der Waals surface area contributed by atoms with Gasteiger partial charge in [0.2, 0.25) is 11.7 Å². The summed E-state index contributed by atoms with van der Waals surface area (Å²) in [6.07, 6.45) is 2.97. The third-order valence-electron chi connectivity index (χ3n) is 3.75. The molecule has 0 spiro atoms. The first-order chi connectivity index (χ1) is 9.67. The number of aromatic nitrogens is 2. The van der Waals surface area contributed by atoms with E-state index in [0.29, 0.717) is 37.8 Å². The number of hydrogen-bond acceptors (Lipinski definition) is 6. The summed E-state index contributed by atoms with van der Waals surface area (Å²) in [4.78, 5) is 16.5. The second kappa shape index (κ2) is 6.35. The summed E-state index contributed by atoms with van der Waals surface area (Å²) >= 11 is 0. The van der Waals surface area contributed by atoms with Gasteiger partial charge in [0, 0.05) is 6.61 Å². The number of esters is 1. The fourth-order valence-electron chi connectivity index (χ4n) is 2.44. The van der Waals surface area contributed by atoms with Crippen molar-refractivity contribution >= 4 is 5.97 Å². The van der Waals surface area contributed by atoms with E-state index in [-0.39, 0.29) is 12.1 Å². The lowest BCUT2D eigenvalue weighted by molar-refractivity contribution is -0.155. The minimum Gasteiger partial charge on any atom is -0.465 e. The van der Waals surface area contributed by atoms with Crippen molar-refractivity contribution in [2.24, 2.45) is 0 Å². The lowest BCUT2D eigenvalue weighted by Gasteiger charge is -2.35. The van der Waals surface area contributed by atoms with Crippen LogP contribution >= 0.6 is 0 Å². The van der Waals surface area contributed by atoms with Gasteiger partial charge in [0.05, 0.1) is 6.61 Å². The largest absolute Gasteiger partial charge is 0.465 e. The Balaban J connectivity index is 2.20. The lowest BCUT2D eigenvalue weighted by atomic mass is 9.68. The zero-order valence-electron chi connectivity index (χ0n) is 12.3. The highest BCUT2D eigenvalue weighted by atomic mass is 16.5. The van der Waals surface area contributed by atoms with Gasteiger partial charge in [-0.25, -0.2) is 0 Å². The van der Waals surface area contributed by atoms with Gasteiger partial charge in [0.25, 0.3) is 0 Å². The standard InChI is InChI=1S/C14H22N2O4/c1-4-10(18-5-2)11-15-12(20-16-11)14(8-7-9-14)13(17)19-6-3/h10H,4-9H2,1-3H3. The molecule has 0 radical (unpaired) electrons. The molecular weight excluding hydrogens is 260 g/mol. The van der Waals surface area contributed by atoms with Gasteiger partial charge < -0.3 is 14.0 Å². The van der Waals surface area contributed by atoms with Gasteiger partial charge in [-0.05, 0) is 33.1 Å². The molecule has 1 aromatic heterocycles. The first-order valence-electron chi connectivity index (χ1n) is 7.30. The highest BCUT2D eigenvalue weighted by molar-refractivity contribution is 5.82. The molecule has 1 fully saturated rings. The van der Waals surface area contributed by atoms with Crippen LogP contribution in [0.25, 0.3) is 0 Å². The summed E-state index contributed by atoms with van der Waals surface area (Å²) in [6.45, 7) is 6.67. The summed E-state index contributed by atoms with van der Waals surface area (Å²) in [7, 11) is 0. The van der Waals surface area contributed by atoms with Crippen LogP contribution in [0.3, 0.4) is 0 Å². The molecule has 0 saturated heterocycles. The third-order valence-corrected chi connectivity index (χ3v) is 3.75. The van der Waals surface area contributed by atoms with Gasteiger partial charge >= 0.3 is 5.97 Å². The SMILES string of the molecule is CCOC(=O)C1(c2nc(C(CC)OCC)no2)CCC1. The van der Waals surface area contributed by atoms with Gasteiger partial charge in [0.1, 0.15) is 11.5 Å². The van der Waals surface area contributed by atoms with E-state index < -0.39 is 5.41 Å². The summed E-state index contributed by atoms with van der Waals surface area (Å²) in [5.74, 6) is 0.626. The fraction of sp³-hybridized carbons (Fsp3) is 0.786. The Bertz CT molecular complexity index is 454. The normalized spacial score (nSPS) is 18.4. The maximum absolute atomic E-state index is 12.1. The van der Waals surface area contributed by atoms with Gasteiger partial charge in [-0.2, -0.15) is 4.98 Å². The Hall–Kier alpha value is -1.43. The average Bonchev–Trinajstić information content (AvgIpc) is 2.84. The number of carbonyl (C=O) groups is 1. The van der Waals surface area contributed by atoms with Crippen molar-refractivity contribution in [2.45, 2.75) is 58.0 Å². The van der Waals surface area contributed by atoms with Crippen LogP contribution < -0.4 is 0 Å². The van der Waals surface area contributed by atoms with Gasteiger partial charge in [-0.1, -0.05) is 18.5 Å². The quantitative estimate of drug-likeness (QED) is 0.715. The Labute approximate surface area is 118 Å². The van der Waals surface area contributed by atoms with Crippen LogP contribution in [0.4, 0.5) is 0 Å². The summed E-state index contributed by atoms with van der Waals surface area (Å²) in [5, 5.41) is 3.98. The molecule has 1 aliphatic carbocycles. The van der Waals surface area contributed by atoms with Gasteiger partial charge in [-0.15, -0.1) is 0 Å². The minimum absolute atomic E-state index is 0.183. The van der Waals surface area contributed by atoms with Gasteiger partial charge in [0.15, 0.2) is 0 Å². The van der Waals surface area contributed by atoms with E-state index in [1.807, 2.05) is 13.8 Å². The van der Waals surface area contributed by atoms with E-state index in [0.717, 1.165) is 12.8 Å². The molecule has 0 amide bonds. The molecule has 1 heterocycles. The molecule has 1 aromatic rings. The molecule has 0 aliphatic heterocycles. The molecule has 0 N–H and O–H groups in total. The molecule has 6 heteroatoms. The van der Waals surface area contributed by atoms with Crippen LogP contribution in [-0.2, 0) is 19.7 Å². The Morgan fingerprint density at radius 3 is 2.60 bits per heavy atom. The van der Waals surface area contributed by atoms with Crippen molar-refractivity contribution in [3.05, 3.63) is 11.7 Å². The Kier molecular flexibility index (Phi) is 4.75. The van der Waals surface area contributed by atoms with E-state index in [2.05, 4.69) is 10.1 Å². The van der Waals surface area contributed by atoms with Crippen molar-refractivity contribution in [1.82, 2.24) is 10.1 Å². The van der Waals surface area contributed by atoms with Crippen molar-refractivity contribution in [3.63, 3.8) is 0 Å². The van der Waals surface area contributed by atoms with Gasteiger partial charge in [-0.3, -0.25) is 4.79 Å². The number of hydrogen-bond donors (Lipinski definition) is 0. The smallest absolute Gasteiger partial charge is 0.321 e. The zero-order chi connectivity index (χ0) is 14.6. The van der Waals surface area contributed by atoms with Crippen molar-refractivity contribution in [1.29, 1.82) is 0 Å². The maximum atomic E-state index is 12.1. The molecule has 1 unspecified atom stereocenters. The number of ether oxygens (including phenoxy) is 2. The molecule has 6 nitrogen and oxygen atoms in total. The van der Waals surface area contributed by atoms with Crippen LogP contribution in [0.15, 0.2) is 4.52 Å².